The summed E-state index contributed by atoms with van der Waals surface area (Å²) in [6, 6.07) is 3.90. The smallest absolute Gasteiger partial charge is 0.233 e. The number of aliphatic hydroxyl groups excluding tert-OH is 2. The monoisotopic (exact) mass is 261 g/mol. The fourth-order valence-electron chi connectivity index (χ4n) is 1.17. The molecule has 0 bridgehead atoms. The van der Waals surface area contributed by atoms with Gasteiger partial charge in [-0.2, -0.15) is 0 Å². The maximum Gasteiger partial charge on any atom is 0.233 e. The van der Waals surface area contributed by atoms with Crippen molar-refractivity contribution in [3.8, 4) is 0 Å². The third-order valence-corrected chi connectivity index (χ3v) is 4.04. The zero-order chi connectivity index (χ0) is 11.8. The Morgan fingerprint density at radius 3 is 2.56 bits per heavy atom. The summed E-state index contributed by atoms with van der Waals surface area (Å²) in [5.74, 6) is 0.294. The predicted octanol–water partition coefficient (Wildman–Crippen LogP) is 0.653. The van der Waals surface area contributed by atoms with Crippen LogP contribution in [0.4, 0.5) is 0 Å². The second-order valence-electron chi connectivity index (χ2n) is 3.05. The van der Waals surface area contributed by atoms with Crippen LogP contribution in [0, 0.1) is 0 Å². The highest BCUT2D eigenvalue weighted by molar-refractivity contribution is 8.01. The van der Waals surface area contributed by atoms with Crippen molar-refractivity contribution in [1.82, 2.24) is 4.90 Å². The van der Waals surface area contributed by atoms with Crippen LogP contribution in [0.25, 0.3) is 0 Å². The Bertz CT molecular complexity index is 297. The molecule has 1 aromatic heterocycles. The van der Waals surface area contributed by atoms with Crippen molar-refractivity contribution in [2.45, 2.75) is 4.21 Å². The van der Waals surface area contributed by atoms with E-state index in [4.69, 9.17) is 10.2 Å². The van der Waals surface area contributed by atoms with Gasteiger partial charge in [0.15, 0.2) is 0 Å². The predicted molar refractivity (Wildman–Crippen MR) is 65.8 cm³/mol. The minimum Gasteiger partial charge on any atom is -0.395 e. The van der Waals surface area contributed by atoms with Crippen LogP contribution in [-0.4, -0.2) is 53.1 Å². The minimum atomic E-state index is -0.0740. The van der Waals surface area contributed by atoms with Crippen LogP contribution in [0.1, 0.15) is 0 Å². The number of thioether (sulfide) groups is 1. The Hall–Kier alpha value is -0.560. The fraction of sp³-hybridized carbons (Fsp3) is 0.500. The average Bonchev–Trinajstić information content (AvgIpc) is 2.78. The molecule has 1 aromatic rings. The molecule has 2 N–H and O–H groups in total. The van der Waals surface area contributed by atoms with E-state index in [1.54, 1.807) is 11.3 Å². The number of nitrogens with zero attached hydrogens (tertiary/aromatic N) is 1. The number of hydrogen-bond donors (Lipinski definition) is 2. The largest absolute Gasteiger partial charge is 0.395 e. The summed E-state index contributed by atoms with van der Waals surface area (Å²) in [5.41, 5.74) is 0. The molecule has 0 fully saturated rings. The lowest BCUT2D eigenvalue weighted by atomic mass is 10.4. The van der Waals surface area contributed by atoms with Gasteiger partial charge in [0, 0.05) is 13.1 Å². The Morgan fingerprint density at radius 2 is 2.06 bits per heavy atom. The molecular formula is C10H15NO3S2. The number of aliphatic hydroxyl groups is 2. The van der Waals surface area contributed by atoms with Crippen LogP contribution < -0.4 is 0 Å². The lowest BCUT2D eigenvalue weighted by Gasteiger charge is -2.20. The highest BCUT2D eigenvalue weighted by Crippen LogP contribution is 2.23. The van der Waals surface area contributed by atoms with Gasteiger partial charge in [0.2, 0.25) is 5.91 Å². The van der Waals surface area contributed by atoms with Gasteiger partial charge in [0.25, 0.3) is 0 Å². The van der Waals surface area contributed by atoms with Gasteiger partial charge in [0.1, 0.15) is 0 Å². The molecule has 0 aliphatic carbocycles. The Kier molecular flexibility index (Phi) is 6.47. The van der Waals surface area contributed by atoms with Gasteiger partial charge in [-0.3, -0.25) is 4.79 Å². The first-order valence-corrected chi connectivity index (χ1v) is 6.80. The van der Waals surface area contributed by atoms with Gasteiger partial charge in [0.05, 0.1) is 23.2 Å². The minimum absolute atomic E-state index is 0.0542. The number of carbonyl (C=O) groups is 1. The van der Waals surface area contributed by atoms with Gasteiger partial charge in [-0.05, 0) is 11.4 Å². The van der Waals surface area contributed by atoms with Crippen LogP contribution in [0.15, 0.2) is 21.7 Å². The number of amides is 1. The summed E-state index contributed by atoms with van der Waals surface area (Å²) >= 11 is 3.08. The van der Waals surface area contributed by atoms with Crippen molar-refractivity contribution in [3.05, 3.63) is 17.5 Å². The highest BCUT2D eigenvalue weighted by atomic mass is 32.2. The molecule has 0 spiro atoms. The molecule has 0 saturated carbocycles. The molecule has 16 heavy (non-hydrogen) atoms. The molecule has 4 nitrogen and oxygen atoms in total. The topological polar surface area (TPSA) is 60.8 Å². The van der Waals surface area contributed by atoms with Gasteiger partial charge in [-0.25, -0.2) is 0 Å². The van der Waals surface area contributed by atoms with Crippen LogP contribution in [0.3, 0.4) is 0 Å². The van der Waals surface area contributed by atoms with Gasteiger partial charge in [-0.15, -0.1) is 23.1 Å². The molecule has 0 unspecified atom stereocenters. The maximum atomic E-state index is 11.7. The van der Waals surface area contributed by atoms with Crippen LogP contribution >= 0.6 is 23.1 Å². The summed E-state index contributed by atoms with van der Waals surface area (Å²) in [7, 11) is 0. The molecule has 90 valence electrons. The van der Waals surface area contributed by atoms with Crippen molar-refractivity contribution in [1.29, 1.82) is 0 Å². The van der Waals surface area contributed by atoms with Crippen molar-refractivity contribution >= 4 is 29.0 Å². The van der Waals surface area contributed by atoms with Crippen LogP contribution in [0.2, 0.25) is 0 Å². The fourth-order valence-corrected chi connectivity index (χ4v) is 2.86. The molecule has 0 aliphatic heterocycles. The maximum absolute atomic E-state index is 11.7. The standard InChI is InChI=1S/C10H15NO3S2/c12-5-3-11(4-6-13)9(14)8-16-10-2-1-7-15-10/h1-2,7,12-13H,3-6,8H2. The van der Waals surface area contributed by atoms with Crippen LogP contribution in [-0.2, 0) is 4.79 Å². The first-order chi connectivity index (χ1) is 7.77. The molecule has 0 aromatic carbocycles. The summed E-state index contributed by atoms with van der Waals surface area (Å²) in [4.78, 5) is 13.2. The molecule has 0 radical (unpaired) electrons. The number of carbonyl (C=O) groups excluding carboxylic acids is 1. The van der Waals surface area contributed by atoms with E-state index in [1.807, 2.05) is 17.5 Å². The SMILES string of the molecule is O=C(CSc1cccs1)N(CCO)CCO. The lowest BCUT2D eigenvalue weighted by Crippen LogP contribution is -2.36. The van der Waals surface area contributed by atoms with Crippen LogP contribution in [0.5, 0.6) is 0 Å². The third-order valence-electron chi connectivity index (χ3n) is 1.93. The third kappa shape index (κ3) is 4.52. The highest BCUT2D eigenvalue weighted by Gasteiger charge is 2.12. The number of hydrogen-bond acceptors (Lipinski definition) is 5. The first-order valence-electron chi connectivity index (χ1n) is 4.93. The quantitative estimate of drug-likeness (QED) is 0.708. The summed E-state index contributed by atoms with van der Waals surface area (Å²) < 4.78 is 1.10. The molecule has 0 aliphatic rings. The second kappa shape index (κ2) is 7.67. The van der Waals surface area contributed by atoms with Crippen molar-refractivity contribution < 1.29 is 15.0 Å². The Morgan fingerprint density at radius 1 is 1.38 bits per heavy atom. The van der Waals surface area contributed by atoms with Crippen molar-refractivity contribution in [2.75, 3.05) is 32.1 Å². The van der Waals surface area contributed by atoms with E-state index >= 15 is 0 Å². The average molecular weight is 261 g/mol. The summed E-state index contributed by atoms with van der Waals surface area (Å²) in [6.45, 7) is 0.416. The van der Waals surface area contributed by atoms with Gasteiger partial charge in [-0.1, -0.05) is 6.07 Å². The number of thiophene rings is 1. The van der Waals surface area contributed by atoms with Crippen molar-refractivity contribution in [3.63, 3.8) is 0 Å². The molecule has 0 atom stereocenters. The van der Waals surface area contributed by atoms with Gasteiger partial charge < -0.3 is 15.1 Å². The van der Waals surface area contributed by atoms with Gasteiger partial charge >= 0.3 is 0 Å². The molecule has 1 amide bonds. The van der Waals surface area contributed by atoms with E-state index in [9.17, 15) is 4.79 Å². The molecule has 0 saturated heterocycles. The summed E-state index contributed by atoms with van der Waals surface area (Å²) in [5, 5.41) is 19.5. The molecule has 1 heterocycles. The molecule has 6 heteroatoms. The zero-order valence-corrected chi connectivity index (χ0v) is 10.5. The Balaban J connectivity index is 2.36. The number of rotatable bonds is 7. The lowest BCUT2D eigenvalue weighted by molar-refractivity contribution is -0.129. The molecule has 1 rings (SSSR count). The first kappa shape index (κ1) is 13.5. The molecular weight excluding hydrogens is 246 g/mol. The summed E-state index contributed by atoms with van der Waals surface area (Å²) in [6.07, 6.45) is 0. The van der Waals surface area contributed by atoms with E-state index in [2.05, 4.69) is 0 Å². The second-order valence-corrected chi connectivity index (χ2v) is 5.27. The van der Waals surface area contributed by atoms with E-state index < -0.39 is 0 Å². The Labute approximate surface area is 103 Å². The van der Waals surface area contributed by atoms with E-state index in [0.717, 1.165) is 4.21 Å². The zero-order valence-electron chi connectivity index (χ0n) is 8.83. The van der Waals surface area contributed by atoms with E-state index in [0.29, 0.717) is 5.75 Å². The normalized spacial score (nSPS) is 10.4. The van der Waals surface area contributed by atoms with E-state index in [1.165, 1.54) is 16.7 Å². The van der Waals surface area contributed by atoms with Crippen molar-refractivity contribution in [2.24, 2.45) is 0 Å². The van der Waals surface area contributed by atoms with E-state index in [-0.39, 0.29) is 32.2 Å².